The summed E-state index contributed by atoms with van der Waals surface area (Å²) in [6.07, 6.45) is 0. The van der Waals surface area contributed by atoms with Crippen molar-refractivity contribution >= 4 is 0 Å². The third-order valence-corrected chi connectivity index (χ3v) is 8.40. The lowest BCUT2D eigenvalue weighted by Gasteiger charge is -2.22. The second-order valence-corrected chi connectivity index (χ2v) is 17.4. The SMILES string of the molecule is CC(C)(C)c1nc(-c2ccc(-c3nc(-c4ccccc4)nc(-c4cccc(-c5nc(C(C)(C)C)nc(C(C)(C)C)n5)c4)n3)cc2)nc(C(C)(C)C)n1. The van der Waals surface area contributed by atoms with Gasteiger partial charge in [-0.25, -0.2) is 44.9 Å². The van der Waals surface area contributed by atoms with Gasteiger partial charge in [0.15, 0.2) is 29.1 Å². The van der Waals surface area contributed by atoms with Gasteiger partial charge in [0, 0.05) is 49.5 Å². The molecule has 3 aromatic heterocycles. The molecule has 0 amide bonds. The van der Waals surface area contributed by atoms with Crippen LogP contribution in [0.15, 0.2) is 78.9 Å². The lowest BCUT2D eigenvalue weighted by Crippen LogP contribution is -2.24. The zero-order valence-electron chi connectivity index (χ0n) is 32.5. The summed E-state index contributed by atoms with van der Waals surface area (Å²) in [7, 11) is 0. The van der Waals surface area contributed by atoms with E-state index in [0.29, 0.717) is 29.1 Å². The standard InChI is InChI=1S/C43H49N9/c1-40(2,3)36-47-33(48-37(51-36)41(4,5)6)28-23-21-27(22-24-28)32-44-31(26-17-14-13-15-18-26)45-34(46-32)29-19-16-20-30(25-29)35-49-38(42(7,8)9)52-39(50-35)43(10,11)12/h13-25H,1-12H3. The largest absolute Gasteiger partial charge is 0.217 e. The average Bonchev–Trinajstić information content (AvgIpc) is 3.10. The van der Waals surface area contributed by atoms with Crippen LogP contribution in [0.4, 0.5) is 0 Å². The van der Waals surface area contributed by atoms with Crippen LogP contribution >= 0.6 is 0 Å². The maximum absolute atomic E-state index is 5.03. The molecule has 0 bridgehead atoms. The predicted molar refractivity (Wildman–Crippen MR) is 209 cm³/mol. The van der Waals surface area contributed by atoms with Crippen LogP contribution in [-0.4, -0.2) is 44.9 Å². The van der Waals surface area contributed by atoms with Crippen molar-refractivity contribution in [3.8, 4) is 56.9 Å². The van der Waals surface area contributed by atoms with E-state index in [9.17, 15) is 0 Å². The van der Waals surface area contributed by atoms with Crippen molar-refractivity contribution in [2.45, 2.75) is 105 Å². The summed E-state index contributed by atoms with van der Waals surface area (Å²) in [6, 6.07) is 26.1. The molecule has 52 heavy (non-hydrogen) atoms. The second-order valence-electron chi connectivity index (χ2n) is 17.4. The number of benzene rings is 3. The molecule has 0 radical (unpaired) electrons. The van der Waals surface area contributed by atoms with E-state index in [1.54, 1.807) is 0 Å². The van der Waals surface area contributed by atoms with E-state index < -0.39 is 0 Å². The van der Waals surface area contributed by atoms with E-state index in [4.69, 9.17) is 44.9 Å². The van der Waals surface area contributed by atoms with Crippen molar-refractivity contribution in [1.29, 1.82) is 0 Å². The zero-order valence-corrected chi connectivity index (χ0v) is 32.5. The number of nitrogens with zero attached hydrogens (tertiary/aromatic N) is 9. The van der Waals surface area contributed by atoms with Crippen molar-refractivity contribution in [1.82, 2.24) is 44.9 Å². The van der Waals surface area contributed by atoms with E-state index in [1.165, 1.54) is 0 Å². The molecule has 0 fully saturated rings. The average molecular weight is 692 g/mol. The molecule has 0 unspecified atom stereocenters. The number of rotatable bonds is 5. The lowest BCUT2D eigenvalue weighted by molar-refractivity contribution is 0.497. The topological polar surface area (TPSA) is 116 Å². The first kappa shape index (κ1) is 36.5. The summed E-state index contributed by atoms with van der Waals surface area (Å²) in [4.78, 5) is 44.3. The Morgan fingerprint density at radius 2 is 0.538 bits per heavy atom. The van der Waals surface area contributed by atoms with Gasteiger partial charge in [0.05, 0.1) is 0 Å². The summed E-state index contributed by atoms with van der Waals surface area (Å²) >= 11 is 0. The van der Waals surface area contributed by atoms with Crippen LogP contribution in [0.5, 0.6) is 0 Å². The molecule has 3 heterocycles. The molecular formula is C43H49N9. The third kappa shape index (κ3) is 8.09. The summed E-state index contributed by atoms with van der Waals surface area (Å²) in [6.45, 7) is 25.5. The summed E-state index contributed by atoms with van der Waals surface area (Å²) in [5, 5.41) is 0. The van der Waals surface area contributed by atoms with Gasteiger partial charge in [0.25, 0.3) is 0 Å². The minimum Gasteiger partial charge on any atom is -0.217 e. The normalized spacial score (nSPS) is 12.6. The molecule has 0 saturated carbocycles. The smallest absolute Gasteiger partial charge is 0.164 e. The first-order chi connectivity index (χ1) is 24.3. The van der Waals surface area contributed by atoms with Crippen LogP contribution in [0.3, 0.4) is 0 Å². The molecule has 6 aromatic rings. The van der Waals surface area contributed by atoms with Gasteiger partial charge in [0.2, 0.25) is 0 Å². The highest BCUT2D eigenvalue weighted by molar-refractivity contribution is 5.71. The predicted octanol–water partition coefficient (Wildman–Crippen LogP) is 9.77. The Hall–Kier alpha value is -5.31. The van der Waals surface area contributed by atoms with Gasteiger partial charge in [-0.3, -0.25) is 0 Å². The fourth-order valence-corrected chi connectivity index (χ4v) is 5.27. The fourth-order valence-electron chi connectivity index (χ4n) is 5.27. The highest BCUT2D eigenvalue weighted by atomic mass is 15.1. The van der Waals surface area contributed by atoms with E-state index in [2.05, 4.69) is 83.1 Å². The molecule has 9 nitrogen and oxygen atoms in total. The van der Waals surface area contributed by atoms with E-state index in [1.807, 2.05) is 78.9 Å². The van der Waals surface area contributed by atoms with Gasteiger partial charge < -0.3 is 0 Å². The molecule has 9 heteroatoms. The minimum absolute atomic E-state index is 0.225. The molecule has 0 aliphatic carbocycles. The Morgan fingerprint density at radius 3 is 0.885 bits per heavy atom. The van der Waals surface area contributed by atoms with Crippen LogP contribution in [0.1, 0.15) is 106 Å². The molecule has 0 aliphatic rings. The van der Waals surface area contributed by atoms with Crippen molar-refractivity contribution in [2.75, 3.05) is 0 Å². The van der Waals surface area contributed by atoms with E-state index in [-0.39, 0.29) is 21.7 Å². The Kier molecular flexibility index (Phi) is 9.36. The van der Waals surface area contributed by atoms with E-state index >= 15 is 0 Å². The summed E-state index contributed by atoms with van der Waals surface area (Å²) in [5.74, 6) is 6.03. The van der Waals surface area contributed by atoms with Crippen LogP contribution in [-0.2, 0) is 21.7 Å². The van der Waals surface area contributed by atoms with Gasteiger partial charge in [-0.1, -0.05) is 156 Å². The first-order valence-corrected chi connectivity index (χ1v) is 17.8. The number of aromatic nitrogens is 9. The Morgan fingerprint density at radius 1 is 0.269 bits per heavy atom. The maximum Gasteiger partial charge on any atom is 0.164 e. The third-order valence-electron chi connectivity index (χ3n) is 8.40. The van der Waals surface area contributed by atoms with Gasteiger partial charge in [-0.2, -0.15) is 0 Å². The Bertz CT molecular complexity index is 2150. The van der Waals surface area contributed by atoms with Crippen LogP contribution < -0.4 is 0 Å². The minimum atomic E-state index is -0.244. The molecule has 0 spiro atoms. The highest BCUT2D eigenvalue weighted by Gasteiger charge is 2.27. The van der Waals surface area contributed by atoms with Crippen LogP contribution in [0, 0.1) is 0 Å². The van der Waals surface area contributed by atoms with Crippen molar-refractivity contribution in [3.63, 3.8) is 0 Å². The molecular weight excluding hydrogens is 643 g/mol. The molecule has 0 N–H and O–H groups in total. The van der Waals surface area contributed by atoms with Crippen molar-refractivity contribution in [3.05, 3.63) is 102 Å². The lowest BCUT2D eigenvalue weighted by atomic mass is 9.93. The fraction of sp³-hybridized carbons (Fsp3) is 0.372. The molecule has 266 valence electrons. The van der Waals surface area contributed by atoms with Gasteiger partial charge in [-0.05, 0) is 6.07 Å². The number of hydrogen-bond donors (Lipinski definition) is 0. The van der Waals surface area contributed by atoms with E-state index in [0.717, 1.165) is 51.1 Å². The van der Waals surface area contributed by atoms with Gasteiger partial charge in [0.1, 0.15) is 23.3 Å². The van der Waals surface area contributed by atoms with Crippen molar-refractivity contribution in [2.24, 2.45) is 0 Å². The Balaban J connectivity index is 1.45. The van der Waals surface area contributed by atoms with Crippen LogP contribution in [0.25, 0.3) is 56.9 Å². The summed E-state index contributed by atoms with van der Waals surface area (Å²) in [5.41, 5.74) is 3.41. The molecule has 0 atom stereocenters. The van der Waals surface area contributed by atoms with Gasteiger partial charge >= 0.3 is 0 Å². The molecule has 3 aromatic carbocycles. The Labute approximate surface area is 308 Å². The monoisotopic (exact) mass is 691 g/mol. The van der Waals surface area contributed by atoms with Crippen LogP contribution in [0.2, 0.25) is 0 Å². The molecule has 0 aliphatic heterocycles. The molecule has 0 saturated heterocycles. The van der Waals surface area contributed by atoms with Gasteiger partial charge in [-0.15, -0.1) is 0 Å². The first-order valence-electron chi connectivity index (χ1n) is 17.8. The summed E-state index contributed by atoms with van der Waals surface area (Å²) < 4.78 is 0. The quantitative estimate of drug-likeness (QED) is 0.174. The maximum atomic E-state index is 5.03. The second kappa shape index (κ2) is 13.3. The number of hydrogen-bond acceptors (Lipinski definition) is 9. The molecule has 6 rings (SSSR count). The highest BCUT2D eigenvalue weighted by Crippen LogP contribution is 2.31. The van der Waals surface area contributed by atoms with Crippen molar-refractivity contribution < 1.29 is 0 Å². The zero-order chi connectivity index (χ0) is 37.6.